The largest absolute Gasteiger partial charge is 0.269 e. The summed E-state index contributed by atoms with van der Waals surface area (Å²) in [5.74, 6) is 2.51. The van der Waals surface area contributed by atoms with Crippen LogP contribution in [-0.2, 0) is 10.0 Å². The van der Waals surface area contributed by atoms with Crippen LogP contribution in [0.2, 0.25) is 0 Å². The summed E-state index contributed by atoms with van der Waals surface area (Å²) in [4.78, 5) is 4.39. The molecule has 0 fully saturated rings. The Bertz CT molecular complexity index is 1020. The maximum absolute atomic E-state index is 13.0. The van der Waals surface area contributed by atoms with E-state index in [1.165, 1.54) is 11.4 Å². The SMILES string of the molecule is C#Cc1cccc(N(C)S(=O)(=O)c2cccc3cccnc23)c1. The zero-order valence-electron chi connectivity index (χ0n) is 12.5. The van der Waals surface area contributed by atoms with Crippen molar-refractivity contribution in [2.24, 2.45) is 0 Å². The van der Waals surface area contributed by atoms with Crippen molar-refractivity contribution in [1.82, 2.24) is 4.98 Å². The van der Waals surface area contributed by atoms with Crippen LogP contribution in [0.4, 0.5) is 5.69 Å². The summed E-state index contributed by atoms with van der Waals surface area (Å²) in [6.45, 7) is 0. The maximum Gasteiger partial charge on any atom is 0.266 e. The minimum absolute atomic E-state index is 0.171. The summed E-state index contributed by atoms with van der Waals surface area (Å²) >= 11 is 0. The monoisotopic (exact) mass is 322 g/mol. The molecular weight excluding hydrogens is 308 g/mol. The number of rotatable bonds is 3. The van der Waals surface area contributed by atoms with Gasteiger partial charge in [-0.2, -0.15) is 0 Å². The fourth-order valence-corrected chi connectivity index (χ4v) is 3.71. The molecule has 0 spiro atoms. The molecule has 0 bridgehead atoms. The van der Waals surface area contributed by atoms with Crippen molar-refractivity contribution in [3.05, 3.63) is 66.4 Å². The van der Waals surface area contributed by atoms with Crippen LogP contribution in [0.25, 0.3) is 10.9 Å². The molecule has 1 aromatic heterocycles. The number of benzene rings is 2. The van der Waals surface area contributed by atoms with Crippen molar-refractivity contribution in [3.8, 4) is 12.3 Å². The van der Waals surface area contributed by atoms with Gasteiger partial charge < -0.3 is 0 Å². The number of para-hydroxylation sites is 1. The smallest absolute Gasteiger partial charge is 0.266 e. The van der Waals surface area contributed by atoms with Gasteiger partial charge in [-0.3, -0.25) is 9.29 Å². The molecule has 3 aromatic rings. The molecule has 0 aliphatic rings. The molecule has 23 heavy (non-hydrogen) atoms. The van der Waals surface area contributed by atoms with E-state index in [0.717, 1.165) is 5.39 Å². The highest BCUT2D eigenvalue weighted by Crippen LogP contribution is 2.27. The molecule has 0 atom stereocenters. The third-order valence-corrected chi connectivity index (χ3v) is 5.43. The fourth-order valence-electron chi connectivity index (χ4n) is 2.36. The Morgan fingerprint density at radius 1 is 1.09 bits per heavy atom. The highest BCUT2D eigenvalue weighted by molar-refractivity contribution is 7.93. The van der Waals surface area contributed by atoms with Gasteiger partial charge in [0.15, 0.2) is 0 Å². The zero-order valence-corrected chi connectivity index (χ0v) is 13.3. The van der Waals surface area contributed by atoms with Crippen LogP contribution in [0.1, 0.15) is 5.56 Å². The predicted octanol–water partition coefficient (Wildman–Crippen LogP) is 3.04. The van der Waals surface area contributed by atoms with E-state index in [1.807, 2.05) is 12.1 Å². The van der Waals surface area contributed by atoms with Gasteiger partial charge in [0, 0.05) is 24.2 Å². The van der Waals surface area contributed by atoms with Crippen molar-refractivity contribution in [1.29, 1.82) is 0 Å². The van der Waals surface area contributed by atoms with E-state index in [9.17, 15) is 8.42 Å². The lowest BCUT2D eigenvalue weighted by atomic mass is 10.2. The second kappa shape index (κ2) is 5.75. The molecule has 5 heteroatoms. The average molecular weight is 322 g/mol. The van der Waals surface area contributed by atoms with Crippen molar-refractivity contribution in [3.63, 3.8) is 0 Å². The van der Waals surface area contributed by atoms with Crippen LogP contribution in [0.15, 0.2) is 65.7 Å². The van der Waals surface area contributed by atoms with Gasteiger partial charge in [0.1, 0.15) is 4.90 Å². The molecule has 2 aromatic carbocycles. The van der Waals surface area contributed by atoms with Gasteiger partial charge in [-0.05, 0) is 30.3 Å². The lowest BCUT2D eigenvalue weighted by Crippen LogP contribution is -2.26. The van der Waals surface area contributed by atoms with Crippen LogP contribution in [0.3, 0.4) is 0 Å². The summed E-state index contributed by atoms with van der Waals surface area (Å²) in [5.41, 5.74) is 1.59. The Labute approximate surface area is 135 Å². The van der Waals surface area contributed by atoms with E-state index in [4.69, 9.17) is 6.42 Å². The topological polar surface area (TPSA) is 50.3 Å². The Kier molecular flexibility index (Phi) is 3.77. The minimum atomic E-state index is -3.74. The van der Waals surface area contributed by atoms with E-state index in [0.29, 0.717) is 16.8 Å². The molecule has 0 aliphatic heterocycles. The first-order valence-electron chi connectivity index (χ1n) is 6.93. The van der Waals surface area contributed by atoms with E-state index in [2.05, 4.69) is 10.9 Å². The van der Waals surface area contributed by atoms with Gasteiger partial charge >= 0.3 is 0 Å². The van der Waals surface area contributed by atoms with Crippen LogP contribution >= 0.6 is 0 Å². The van der Waals surface area contributed by atoms with Crippen molar-refractivity contribution in [2.45, 2.75) is 4.90 Å². The molecule has 0 radical (unpaired) electrons. The Hall–Kier alpha value is -2.84. The molecule has 0 N–H and O–H groups in total. The number of terminal acetylenes is 1. The van der Waals surface area contributed by atoms with Gasteiger partial charge in [0.05, 0.1) is 11.2 Å². The van der Waals surface area contributed by atoms with Gasteiger partial charge in [-0.25, -0.2) is 8.42 Å². The zero-order chi connectivity index (χ0) is 16.4. The molecule has 0 saturated heterocycles. The Morgan fingerprint density at radius 3 is 2.61 bits per heavy atom. The number of hydrogen-bond acceptors (Lipinski definition) is 3. The summed E-state index contributed by atoms with van der Waals surface area (Å²) in [6, 6.07) is 15.6. The number of pyridine rings is 1. The Balaban J connectivity index is 2.15. The minimum Gasteiger partial charge on any atom is -0.269 e. The van der Waals surface area contributed by atoms with Crippen LogP contribution < -0.4 is 4.31 Å². The lowest BCUT2D eigenvalue weighted by Gasteiger charge is -2.20. The third-order valence-electron chi connectivity index (χ3n) is 3.61. The molecule has 0 amide bonds. The number of sulfonamides is 1. The second-order valence-corrected chi connectivity index (χ2v) is 6.94. The summed E-state index contributed by atoms with van der Waals surface area (Å²) in [6.07, 6.45) is 6.97. The molecule has 3 rings (SSSR count). The first-order valence-corrected chi connectivity index (χ1v) is 8.37. The standard InChI is InChI=1S/C18H14N2O2S/c1-3-14-7-4-10-16(13-14)20(2)23(21,22)17-11-5-8-15-9-6-12-19-18(15)17/h1,4-13H,2H3. The number of nitrogens with zero attached hydrogens (tertiary/aromatic N) is 2. The lowest BCUT2D eigenvalue weighted by molar-refractivity contribution is 0.595. The molecule has 0 aliphatic carbocycles. The van der Waals surface area contributed by atoms with Crippen molar-refractivity contribution < 1.29 is 8.42 Å². The third kappa shape index (κ3) is 2.65. The number of fused-ring (bicyclic) bond motifs is 1. The maximum atomic E-state index is 13.0. The van der Waals surface area contributed by atoms with Crippen molar-refractivity contribution in [2.75, 3.05) is 11.4 Å². The summed E-state index contributed by atoms with van der Waals surface area (Å²) < 4.78 is 27.2. The molecular formula is C18H14N2O2S. The molecule has 0 saturated carbocycles. The molecule has 1 heterocycles. The second-order valence-electron chi connectivity index (χ2n) is 5.00. The highest BCUT2D eigenvalue weighted by Gasteiger charge is 2.24. The number of anilines is 1. The number of hydrogen-bond donors (Lipinski definition) is 0. The molecule has 114 valence electrons. The molecule has 0 unspecified atom stereocenters. The van der Waals surface area contributed by atoms with Gasteiger partial charge in [-0.15, -0.1) is 6.42 Å². The van der Waals surface area contributed by atoms with E-state index in [-0.39, 0.29) is 4.90 Å². The van der Waals surface area contributed by atoms with Crippen LogP contribution in [-0.4, -0.2) is 20.4 Å². The van der Waals surface area contributed by atoms with Gasteiger partial charge in [0.25, 0.3) is 10.0 Å². The van der Waals surface area contributed by atoms with Gasteiger partial charge in [0.2, 0.25) is 0 Å². The van der Waals surface area contributed by atoms with E-state index < -0.39 is 10.0 Å². The van der Waals surface area contributed by atoms with E-state index >= 15 is 0 Å². The fraction of sp³-hybridized carbons (Fsp3) is 0.0556. The number of aromatic nitrogens is 1. The average Bonchev–Trinajstić information content (AvgIpc) is 2.60. The molecule has 4 nitrogen and oxygen atoms in total. The first-order chi connectivity index (χ1) is 11.0. The van der Waals surface area contributed by atoms with Crippen molar-refractivity contribution >= 4 is 26.6 Å². The van der Waals surface area contributed by atoms with Crippen LogP contribution in [0.5, 0.6) is 0 Å². The van der Waals surface area contributed by atoms with Crippen LogP contribution in [0, 0.1) is 12.3 Å². The van der Waals surface area contributed by atoms with E-state index in [1.54, 1.807) is 48.7 Å². The first kappa shape index (κ1) is 15.1. The predicted molar refractivity (Wildman–Crippen MR) is 91.7 cm³/mol. The van der Waals surface area contributed by atoms with Gasteiger partial charge in [-0.1, -0.05) is 30.2 Å². The highest BCUT2D eigenvalue weighted by atomic mass is 32.2. The quantitative estimate of drug-likeness (QED) is 0.697. The summed E-state index contributed by atoms with van der Waals surface area (Å²) in [7, 11) is -2.23. The Morgan fingerprint density at radius 2 is 1.83 bits per heavy atom. The summed E-state index contributed by atoms with van der Waals surface area (Å²) in [5, 5.41) is 0.777. The normalized spacial score (nSPS) is 11.1.